The molecule has 0 saturated carbocycles. The summed E-state index contributed by atoms with van der Waals surface area (Å²) in [5.41, 5.74) is 0.976. The lowest BCUT2D eigenvalue weighted by molar-refractivity contribution is 0.132. The van der Waals surface area contributed by atoms with E-state index in [1.165, 1.54) is 0 Å². The summed E-state index contributed by atoms with van der Waals surface area (Å²) in [6.07, 6.45) is 1.10. The van der Waals surface area contributed by atoms with Gasteiger partial charge >= 0.3 is 0 Å². The van der Waals surface area contributed by atoms with Gasteiger partial charge in [-0.3, -0.25) is 0 Å². The average molecular weight is 267 g/mol. The van der Waals surface area contributed by atoms with E-state index < -0.39 is 0 Å². The highest BCUT2D eigenvalue weighted by Crippen LogP contribution is 2.25. The van der Waals surface area contributed by atoms with Crippen molar-refractivity contribution in [3.8, 4) is 11.5 Å². The molecule has 4 heteroatoms. The highest BCUT2D eigenvalue weighted by molar-refractivity contribution is 5.53. The molecule has 19 heavy (non-hydrogen) atoms. The van der Waals surface area contributed by atoms with Gasteiger partial charge in [0.25, 0.3) is 0 Å². The minimum Gasteiger partial charge on any atom is -0.497 e. The Balaban J connectivity index is 2.32. The molecule has 0 aliphatic heterocycles. The van der Waals surface area contributed by atoms with Crippen LogP contribution in [-0.2, 0) is 4.74 Å². The molecule has 0 bridgehead atoms. The number of benzene rings is 1. The van der Waals surface area contributed by atoms with E-state index in [0.717, 1.165) is 36.8 Å². The van der Waals surface area contributed by atoms with Crippen molar-refractivity contribution in [1.29, 1.82) is 0 Å². The second-order valence-electron chi connectivity index (χ2n) is 4.82. The average Bonchev–Trinajstić information content (AvgIpc) is 2.41. The molecule has 0 aromatic heterocycles. The summed E-state index contributed by atoms with van der Waals surface area (Å²) < 4.78 is 16.0. The van der Waals surface area contributed by atoms with Crippen LogP contribution in [0.15, 0.2) is 18.2 Å². The van der Waals surface area contributed by atoms with Crippen LogP contribution in [0.3, 0.4) is 0 Å². The van der Waals surface area contributed by atoms with E-state index in [1.807, 2.05) is 18.2 Å². The van der Waals surface area contributed by atoms with Gasteiger partial charge < -0.3 is 19.5 Å². The molecule has 0 aliphatic carbocycles. The van der Waals surface area contributed by atoms with Gasteiger partial charge in [0.15, 0.2) is 0 Å². The molecule has 0 aliphatic rings. The summed E-state index contributed by atoms with van der Waals surface area (Å²) in [6.45, 7) is 6.69. The van der Waals surface area contributed by atoms with E-state index >= 15 is 0 Å². The van der Waals surface area contributed by atoms with Gasteiger partial charge in [0.05, 0.1) is 20.8 Å². The maximum absolute atomic E-state index is 5.55. The number of ether oxygens (including phenoxy) is 3. The number of rotatable bonds is 9. The first-order valence-corrected chi connectivity index (χ1v) is 6.70. The zero-order valence-corrected chi connectivity index (χ0v) is 12.4. The van der Waals surface area contributed by atoms with Crippen LogP contribution in [0.5, 0.6) is 11.5 Å². The Bertz CT molecular complexity index is 344. The number of anilines is 1. The first-order chi connectivity index (χ1) is 9.15. The van der Waals surface area contributed by atoms with Crippen LogP contribution in [0.1, 0.15) is 20.3 Å². The second kappa shape index (κ2) is 8.64. The summed E-state index contributed by atoms with van der Waals surface area (Å²) in [6, 6.07) is 5.73. The van der Waals surface area contributed by atoms with Crippen molar-refractivity contribution in [2.45, 2.75) is 20.3 Å². The van der Waals surface area contributed by atoms with Gasteiger partial charge in [-0.2, -0.15) is 0 Å². The smallest absolute Gasteiger partial charge is 0.124 e. The maximum Gasteiger partial charge on any atom is 0.124 e. The van der Waals surface area contributed by atoms with Crippen LogP contribution < -0.4 is 14.8 Å². The van der Waals surface area contributed by atoms with Gasteiger partial charge in [0.1, 0.15) is 11.5 Å². The lowest BCUT2D eigenvalue weighted by atomic mass is 10.1. The normalized spacial score (nSPS) is 10.6. The van der Waals surface area contributed by atoms with Crippen LogP contribution in [0, 0.1) is 5.92 Å². The Kier molecular flexibility index (Phi) is 7.11. The van der Waals surface area contributed by atoms with Crippen LogP contribution in [0.25, 0.3) is 0 Å². The van der Waals surface area contributed by atoms with Crippen molar-refractivity contribution in [3.05, 3.63) is 18.2 Å². The number of methoxy groups -OCH3 is 2. The number of hydrogen-bond donors (Lipinski definition) is 1. The summed E-state index contributed by atoms with van der Waals surface area (Å²) in [4.78, 5) is 0. The summed E-state index contributed by atoms with van der Waals surface area (Å²) in [5.74, 6) is 2.25. The highest BCUT2D eigenvalue weighted by Gasteiger charge is 2.01. The van der Waals surface area contributed by atoms with Crippen molar-refractivity contribution in [2.24, 2.45) is 5.92 Å². The van der Waals surface area contributed by atoms with Crippen molar-refractivity contribution >= 4 is 5.69 Å². The highest BCUT2D eigenvalue weighted by atomic mass is 16.5. The Labute approximate surface area is 116 Å². The Morgan fingerprint density at radius 3 is 2.16 bits per heavy atom. The van der Waals surface area contributed by atoms with Crippen molar-refractivity contribution in [3.63, 3.8) is 0 Å². The van der Waals surface area contributed by atoms with Gasteiger partial charge in [-0.05, 0) is 12.3 Å². The molecule has 1 N–H and O–H groups in total. The zero-order chi connectivity index (χ0) is 14.1. The zero-order valence-electron chi connectivity index (χ0n) is 12.4. The fraction of sp³-hybridized carbons (Fsp3) is 0.600. The monoisotopic (exact) mass is 267 g/mol. The number of nitrogens with one attached hydrogen (secondary N) is 1. The van der Waals surface area contributed by atoms with Crippen molar-refractivity contribution in [2.75, 3.05) is 39.3 Å². The molecule has 0 atom stereocenters. The van der Waals surface area contributed by atoms with E-state index in [0.29, 0.717) is 12.5 Å². The van der Waals surface area contributed by atoms with Gasteiger partial charge in [0, 0.05) is 37.0 Å². The molecule has 0 radical (unpaired) electrons. The first kappa shape index (κ1) is 15.6. The molecule has 1 rings (SSSR count). The van der Waals surface area contributed by atoms with Crippen LogP contribution in [0.4, 0.5) is 5.69 Å². The van der Waals surface area contributed by atoms with Crippen molar-refractivity contribution < 1.29 is 14.2 Å². The van der Waals surface area contributed by atoms with E-state index in [4.69, 9.17) is 14.2 Å². The molecule has 0 fully saturated rings. The predicted molar refractivity (Wildman–Crippen MR) is 78.3 cm³/mol. The van der Waals surface area contributed by atoms with Crippen molar-refractivity contribution in [1.82, 2.24) is 0 Å². The second-order valence-corrected chi connectivity index (χ2v) is 4.82. The fourth-order valence-corrected chi connectivity index (χ4v) is 1.60. The third kappa shape index (κ3) is 6.34. The molecule has 0 spiro atoms. The quantitative estimate of drug-likeness (QED) is 0.698. The SMILES string of the molecule is COc1cc(NCCOCCC(C)C)cc(OC)c1. The molecule has 0 saturated heterocycles. The standard InChI is InChI=1S/C15H25NO3/c1-12(2)5-7-19-8-6-16-13-9-14(17-3)11-15(10-13)18-4/h9-12,16H,5-8H2,1-4H3. The summed E-state index contributed by atoms with van der Waals surface area (Å²) >= 11 is 0. The molecule has 1 aromatic carbocycles. The minimum absolute atomic E-state index is 0.690. The van der Waals surface area contributed by atoms with E-state index in [2.05, 4.69) is 19.2 Å². The van der Waals surface area contributed by atoms with E-state index in [-0.39, 0.29) is 0 Å². The predicted octanol–water partition coefficient (Wildman–Crippen LogP) is 3.18. The maximum atomic E-state index is 5.55. The lowest BCUT2D eigenvalue weighted by Crippen LogP contribution is -2.11. The first-order valence-electron chi connectivity index (χ1n) is 6.70. The largest absolute Gasteiger partial charge is 0.497 e. The van der Waals surface area contributed by atoms with E-state index in [1.54, 1.807) is 14.2 Å². The fourth-order valence-electron chi connectivity index (χ4n) is 1.60. The molecule has 0 heterocycles. The minimum atomic E-state index is 0.690. The van der Waals surface area contributed by atoms with Crippen LogP contribution >= 0.6 is 0 Å². The van der Waals surface area contributed by atoms with Gasteiger partial charge in [-0.15, -0.1) is 0 Å². The summed E-state index contributed by atoms with van der Waals surface area (Å²) in [5, 5.41) is 3.30. The van der Waals surface area contributed by atoms with Gasteiger partial charge in [0.2, 0.25) is 0 Å². The Hall–Kier alpha value is -1.42. The topological polar surface area (TPSA) is 39.7 Å². The van der Waals surface area contributed by atoms with Gasteiger partial charge in [-0.25, -0.2) is 0 Å². The molecule has 1 aromatic rings. The third-order valence-electron chi connectivity index (χ3n) is 2.77. The Morgan fingerprint density at radius 2 is 1.63 bits per heavy atom. The van der Waals surface area contributed by atoms with Crippen LogP contribution in [-0.4, -0.2) is 34.0 Å². The molecule has 108 valence electrons. The summed E-state index contributed by atoms with van der Waals surface area (Å²) in [7, 11) is 3.29. The van der Waals surface area contributed by atoms with E-state index in [9.17, 15) is 0 Å². The van der Waals surface area contributed by atoms with Crippen LogP contribution in [0.2, 0.25) is 0 Å². The molecule has 0 unspecified atom stereocenters. The molecule has 0 amide bonds. The molecule has 4 nitrogen and oxygen atoms in total. The molecular weight excluding hydrogens is 242 g/mol. The third-order valence-corrected chi connectivity index (χ3v) is 2.77. The Morgan fingerprint density at radius 1 is 1.00 bits per heavy atom. The number of hydrogen-bond acceptors (Lipinski definition) is 4. The lowest BCUT2D eigenvalue weighted by Gasteiger charge is -2.11. The molecular formula is C15H25NO3. The van der Waals surface area contributed by atoms with Gasteiger partial charge in [-0.1, -0.05) is 13.8 Å².